The Kier molecular flexibility index (Phi) is 3.76. The first kappa shape index (κ1) is 14.7. The molecule has 0 unspecified atom stereocenters. The van der Waals surface area contributed by atoms with Gasteiger partial charge in [0, 0.05) is 5.56 Å². The van der Waals surface area contributed by atoms with Crippen LogP contribution in [0.2, 0.25) is 0 Å². The molecule has 0 aliphatic carbocycles. The molecule has 0 saturated carbocycles. The number of phenols is 1. The zero-order valence-electron chi connectivity index (χ0n) is 12.3. The molecule has 0 saturated heterocycles. The number of allylic oxidation sites excluding steroid dienone is 1. The Labute approximate surface area is 133 Å². The highest BCUT2D eigenvalue weighted by molar-refractivity contribution is 6.21. The monoisotopic (exact) mass is 306 g/mol. The third kappa shape index (κ3) is 2.53. The molecule has 0 atom stereocenters. The number of carbonyl (C=O) groups excluding carboxylic acids is 2. The number of rotatable bonds is 4. The number of hydrogen-bond acceptors (Lipinski definition) is 4. The first-order chi connectivity index (χ1) is 11.1. The Morgan fingerprint density at radius 3 is 2.30 bits per heavy atom. The number of benzene rings is 2. The summed E-state index contributed by atoms with van der Waals surface area (Å²) in [5, 5.41) is 14.9. The van der Waals surface area contributed by atoms with Gasteiger partial charge < -0.3 is 5.11 Å². The van der Waals surface area contributed by atoms with E-state index in [0.717, 1.165) is 5.01 Å². The summed E-state index contributed by atoms with van der Waals surface area (Å²) in [6.45, 7) is 3.64. The van der Waals surface area contributed by atoms with E-state index in [1.807, 2.05) is 0 Å². The van der Waals surface area contributed by atoms with Gasteiger partial charge in [-0.3, -0.25) is 9.59 Å². The molecule has 1 aliphatic rings. The number of phenolic OH excluding ortho intramolecular Hbond substituents is 1. The highest BCUT2D eigenvalue weighted by Crippen LogP contribution is 2.24. The largest absolute Gasteiger partial charge is 0.507 e. The highest BCUT2D eigenvalue weighted by atomic mass is 16.3. The number of para-hydroxylation sites is 1. The molecule has 23 heavy (non-hydrogen) atoms. The third-order valence-electron chi connectivity index (χ3n) is 3.60. The molecular formula is C18H14N2O3. The van der Waals surface area contributed by atoms with E-state index in [4.69, 9.17) is 0 Å². The lowest BCUT2D eigenvalue weighted by atomic mass is 10.1. The lowest BCUT2D eigenvalue weighted by molar-refractivity contribution is 0.0660. The van der Waals surface area contributed by atoms with E-state index in [9.17, 15) is 14.7 Å². The number of hydrazone groups is 1. The molecule has 0 fully saturated rings. The number of amides is 2. The fourth-order valence-corrected chi connectivity index (χ4v) is 2.44. The van der Waals surface area contributed by atoms with Gasteiger partial charge in [0.25, 0.3) is 11.8 Å². The van der Waals surface area contributed by atoms with Crippen molar-refractivity contribution in [3.8, 4) is 5.75 Å². The van der Waals surface area contributed by atoms with Gasteiger partial charge in [-0.2, -0.15) is 10.1 Å². The first-order valence-electron chi connectivity index (χ1n) is 7.07. The molecule has 3 rings (SSSR count). The SMILES string of the molecule is C=CCc1cccc(/C=N/N2C(=O)c3ccccc3C2=O)c1O. The summed E-state index contributed by atoms with van der Waals surface area (Å²) in [4.78, 5) is 24.4. The Bertz CT molecular complexity index is 805. The number of nitrogens with zero attached hydrogens (tertiary/aromatic N) is 2. The van der Waals surface area contributed by atoms with Crippen LogP contribution in [0.1, 0.15) is 31.8 Å². The summed E-state index contributed by atoms with van der Waals surface area (Å²) in [7, 11) is 0. The Morgan fingerprint density at radius 2 is 1.70 bits per heavy atom. The van der Waals surface area contributed by atoms with E-state index in [-0.39, 0.29) is 5.75 Å². The zero-order chi connectivity index (χ0) is 16.4. The maximum atomic E-state index is 12.2. The molecule has 5 heteroatoms. The highest BCUT2D eigenvalue weighted by Gasteiger charge is 2.35. The first-order valence-corrected chi connectivity index (χ1v) is 7.07. The van der Waals surface area contributed by atoms with Crippen LogP contribution >= 0.6 is 0 Å². The van der Waals surface area contributed by atoms with Gasteiger partial charge in [0.2, 0.25) is 0 Å². The standard InChI is InChI=1S/C18H14N2O3/c1-2-6-12-7-5-8-13(16(12)21)11-19-20-17(22)14-9-3-4-10-15(14)18(20)23/h2-5,7-11,21H,1,6H2/b19-11+. The van der Waals surface area contributed by atoms with Gasteiger partial charge in [-0.25, -0.2) is 0 Å². The van der Waals surface area contributed by atoms with Crippen LogP contribution in [0, 0.1) is 0 Å². The molecule has 2 aromatic carbocycles. The van der Waals surface area contributed by atoms with E-state index in [1.54, 1.807) is 48.5 Å². The molecule has 0 spiro atoms. The van der Waals surface area contributed by atoms with Crippen LogP contribution in [0.3, 0.4) is 0 Å². The molecule has 2 amide bonds. The second kappa shape index (κ2) is 5.88. The van der Waals surface area contributed by atoms with E-state index in [0.29, 0.717) is 28.7 Å². The maximum Gasteiger partial charge on any atom is 0.282 e. The lowest BCUT2D eigenvalue weighted by Gasteiger charge is -2.07. The smallest absolute Gasteiger partial charge is 0.282 e. The summed E-state index contributed by atoms with van der Waals surface area (Å²) in [6, 6.07) is 11.8. The van der Waals surface area contributed by atoms with Crippen LogP contribution < -0.4 is 0 Å². The van der Waals surface area contributed by atoms with Gasteiger partial charge in [-0.1, -0.05) is 30.3 Å². The average molecular weight is 306 g/mol. The summed E-state index contributed by atoms with van der Waals surface area (Å²) in [5.41, 5.74) is 1.80. The average Bonchev–Trinajstić information content (AvgIpc) is 2.81. The van der Waals surface area contributed by atoms with Gasteiger partial charge in [0.15, 0.2) is 0 Å². The Hall–Kier alpha value is -3.21. The van der Waals surface area contributed by atoms with Crippen molar-refractivity contribution in [2.24, 2.45) is 5.10 Å². The molecule has 5 nitrogen and oxygen atoms in total. The molecule has 0 radical (unpaired) electrons. The van der Waals surface area contributed by atoms with Crippen molar-refractivity contribution < 1.29 is 14.7 Å². The normalized spacial score (nSPS) is 13.7. The summed E-state index contributed by atoms with van der Waals surface area (Å²) in [6.07, 6.45) is 3.50. The second-order valence-corrected chi connectivity index (χ2v) is 5.06. The van der Waals surface area contributed by atoms with Gasteiger partial charge >= 0.3 is 0 Å². The van der Waals surface area contributed by atoms with Crippen LogP contribution in [-0.2, 0) is 6.42 Å². The van der Waals surface area contributed by atoms with Crippen molar-refractivity contribution >= 4 is 18.0 Å². The van der Waals surface area contributed by atoms with Crippen LogP contribution in [0.25, 0.3) is 0 Å². The van der Waals surface area contributed by atoms with E-state index in [1.165, 1.54) is 6.21 Å². The maximum absolute atomic E-state index is 12.2. The molecule has 114 valence electrons. The second-order valence-electron chi connectivity index (χ2n) is 5.06. The quantitative estimate of drug-likeness (QED) is 0.536. The van der Waals surface area contributed by atoms with Gasteiger partial charge in [-0.15, -0.1) is 6.58 Å². The molecule has 0 aromatic heterocycles. The van der Waals surface area contributed by atoms with Crippen LogP contribution in [-0.4, -0.2) is 28.1 Å². The topological polar surface area (TPSA) is 70.0 Å². The molecule has 2 aromatic rings. The number of aromatic hydroxyl groups is 1. The number of hydrogen-bond donors (Lipinski definition) is 1. The number of carbonyl (C=O) groups is 2. The van der Waals surface area contributed by atoms with Crippen molar-refractivity contribution in [3.63, 3.8) is 0 Å². The van der Waals surface area contributed by atoms with Crippen LogP contribution in [0.15, 0.2) is 60.2 Å². The minimum absolute atomic E-state index is 0.0627. The number of fused-ring (bicyclic) bond motifs is 1. The van der Waals surface area contributed by atoms with Gasteiger partial charge in [-0.05, 0) is 30.2 Å². The third-order valence-corrected chi connectivity index (χ3v) is 3.60. The molecule has 1 N–H and O–H groups in total. The molecular weight excluding hydrogens is 292 g/mol. The summed E-state index contributed by atoms with van der Waals surface area (Å²) < 4.78 is 0. The van der Waals surface area contributed by atoms with Crippen molar-refractivity contribution in [1.29, 1.82) is 0 Å². The van der Waals surface area contributed by atoms with Crippen LogP contribution in [0.5, 0.6) is 5.75 Å². The van der Waals surface area contributed by atoms with Crippen molar-refractivity contribution in [1.82, 2.24) is 5.01 Å². The van der Waals surface area contributed by atoms with Crippen molar-refractivity contribution in [2.75, 3.05) is 0 Å². The molecule has 1 aliphatic heterocycles. The van der Waals surface area contributed by atoms with Crippen LogP contribution in [0.4, 0.5) is 0 Å². The summed E-state index contributed by atoms with van der Waals surface area (Å²) >= 11 is 0. The van der Waals surface area contributed by atoms with Gasteiger partial charge in [0.05, 0.1) is 17.3 Å². The Morgan fingerprint density at radius 1 is 1.04 bits per heavy atom. The fourth-order valence-electron chi connectivity index (χ4n) is 2.44. The zero-order valence-corrected chi connectivity index (χ0v) is 12.3. The number of imide groups is 1. The van der Waals surface area contributed by atoms with E-state index >= 15 is 0 Å². The Balaban J connectivity index is 1.90. The molecule has 1 heterocycles. The van der Waals surface area contributed by atoms with Crippen molar-refractivity contribution in [3.05, 3.63) is 77.4 Å². The lowest BCUT2D eigenvalue weighted by Crippen LogP contribution is -2.24. The molecule has 0 bridgehead atoms. The minimum atomic E-state index is -0.469. The van der Waals surface area contributed by atoms with E-state index < -0.39 is 11.8 Å². The van der Waals surface area contributed by atoms with E-state index in [2.05, 4.69) is 11.7 Å². The van der Waals surface area contributed by atoms with Gasteiger partial charge in [0.1, 0.15) is 5.75 Å². The van der Waals surface area contributed by atoms with Crippen molar-refractivity contribution in [2.45, 2.75) is 6.42 Å². The predicted molar refractivity (Wildman–Crippen MR) is 86.5 cm³/mol. The predicted octanol–water partition coefficient (Wildman–Crippen LogP) is 2.75. The minimum Gasteiger partial charge on any atom is -0.507 e. The summed E-state index contributed by atoms with van der Waals surface area (Å²) in [5.74, 6) is -0.875. The fraction of sp³-hybridized carbons (Fsp3) is 0.0556.